The minimum atomic E-state index is 0.140. The molecule has 1 unspecified atom stereocenters. The maximum atomic E-state index is 5.81. The van der Waals surface area contributed by atoms with E-state index in [0.717, 1.165) is 28.8 Å². The van der Waals surface area contributed by atoms with E-state index in [1.165, 1.54) is 5.56 Å². The zero-order chi connectivity index (χ0) is 11.5. The monoisotopic (exact) mass is 285 g/mol. The van der Waals surface area contributed by atoms with Crippen molar-refractivity contribution in [2.45, 2.75) is 25.8 Å². The third-order valence-electron chi connectivity index (χ3n) is 2.46. The number of fused-ring (bicyclic) bond motifs is 1. The predicted molar refractivity (Wildman–Crippen MR) is 67.1 cm³/mol. The summed E-state index contributed by atoms with van der Waals surface area (Å²) in [5, 5.41) is 0. The Morgan fingerprint density at radius 3 is 2.56 bits per heavy atom. The fourth-order valence-corrected chi connectivity index (χ4v) is 2.21. The van der Waals surface area contributed by atoms with Crippen LogP contribution in [0.4, 0.5) is 0 Å². The lowest BCUT2D eigenvalue weighted by atomic mass is 10.1. The molecule has 0 amide bonds. The summed E-state index contributed by atoms with van der Waals surface area (Å²) in [6, 6.07) is 4.13. The molecule has 0 saturated heterocycles. The van der Waals surface area contributed by atoms with E-state index in [1.807, 2.05) is 19.1 Å². The van der Waals surface area contributed by atoms with Gasteiger partial charge in [-0.3, -0.25) is 0 Å². The smallest absolute Gasteiger partial charge is 0.162 e. The van der Waals surface area contributed by atoms with Crippen molar-refractivity contribution in [2.24, 2.45) is 5.73 Å². The Kier molecular flexibility index (Phi) is 3.71. The van der Waals surface area contributed by atoms with E-state index >= 15 is 0 Å². The van der Waals surface area contributed by atoms with Crippen molar-refractivity contribution in [3.8, 4) is 11.5 Å². The molecular formula is C12H16BrNO2. The number of hydrogen-bond acceptors (Lipinski definition) is 3. The Morgan fingerprint density at radius 2 is 1.94 bits per heavy atom. The molecule has 1 aliphatic rings. The van der Waals surface area contributed by atoms with Gasteiger partial charge in [-0.25, -0.2) is 0 Å². The van der Waals surface area contributed by atoms with Crippen LogP contribution in [0.15, 0.2) is 16.6 Å². The number of hydrogen-bond donors (Lipinski definition) is 1. The van der Waals surface area contributed by atoms with Gasteiger partial charge in [0.25, 0.3) is 0 Å². The van der Waals surface area contributed by atoms with Crippen LogP contribution < -0.4 is 15.2 Å². The van der Waals surface area contributed by atoms with Gasteiger partial charge < -0.3 is 15.2 Å². The lowest BCUT2D eigenvalue weighted by molar-refractivity contribution is 0.297. The zero-order valence-electron chi connectivity index (χ0n) is 9.33. The van der Waals surface area contributed by atoms with E-state index in [1.54, 1.807) is 0 Å². The van der Waals surface area contributed by atoms with Crippen LogP contribution in [0.25, 0.3) is 0 Å². The first-order chi connectivity index (χ1) is 7.66. The standard InChI is InChI=1S/C12H16BrNO2/c1-8(14)5-9-6-11-12(7-10(9)13)16-4-2-3-15-11/h6-8H,2-5,14H2,1H3. The van der Waals surface area contributed by atoms with Crippen molar-refractivity contribution in [3.63, 3.8) is 0 Å². The van der Waals surface area contributed by atoms with Gasteiger partial charge in [0.2, 0.25) is 0 Å². The molecule has 0 aliphatic carbocycles. The van der Waals surface area contributed by atoms with Gasteiger partial charge in [0.15, 0.2) is 11.5 Å². The molecule has 4 heteroatoms. The Labute approximate surface area is 104 Å². The first-order valence-corrected chi connectivity index (χ1v) is 6.29. The van der Waals surface area contributed by atoms with E-state index in [0.29, 0.717) is 13.2 Å². The SMILES string of the molecule is CC(N)Cc1cc2c(cc1Br)OCCCO2. The number of ether oxygens (including phenoxy) is 2. The van der Waals surface area contributed by atoms with Gasteiger partial charge in [-0.2, -0.15) is 0 Å². The second kappa shape index (κ2) is 5.06. The lowest BCUT2D eigenvalue weighted by Crippen LogP contribution is -2.18. The van der Waals surface area contributed by atoms with Gasteiger partial charge >= 0.3 is 0 Å². The highest BCUT2D eigenvalue weighted by Crippen LogP contribution is 2.35. The van der Waals surface area contributed by atoms with E-state index < -0.39 is 0 Å². The molecule has 0 fully saturated rings. The van der Waals surface area contributed by atoms with Crippen LogP contribution in [0.2, 0.25) is 0 Å². The lowest BCUT2D eigenvalue weighted by Gasteiger charge is -2.13. The molecule has 1 aromatic rings. The third-order valence-corrected chi connectivity index (χ3v) is 3.20. The molecule has 88 valence electrons. The van der Waals surface area contributed by atoms with Crippen molar-refractivity contribution in [2.75, 3.05) is 13.2 Å². The summed E-state index contributed by atoms with van der Waals surface area (Å²) >= 11 is 3.54. The normalized spacial score (nSPS) is 16.7. The van der Waals surface area contributed by atoms with E-state index in [2.05, 4.69) is 15.9 Å². The highest BCUT2D eigenvalue weighted by Gasteiger charge is 2.14. The van der Waals surface area contributed by atoms with Crippen LogP contribution in [-0.2, 0) is 6.42 Å². The van der Waals surface area contributed by atoms with Gasteiger partial charge in [0, 0.05) is 16.9 Å². The fraction of sp³-hybridized carbons (Fsp3) is 0.500. The molecule has 2 N–H and O–H groups in total. The molecule has 1 atom stereocenters. The number of rotatable bonds is 2. The fourth-order valence-electron chi connectivity index (χ4n) is 1.73. The quantitative estimate of drug-likeness (QED) is 0.908. The van der Waals surface area contributed by atoms with Gasteiger partial charge in [-0.15, -0.1) is 0 Å². The number of benzene rings is 1. The molecule has 1 heterocycles. The Bertz CT molecular complexity index is 380. The molecule has 2 rings (SSSR count). The minimum Gasteiger partial charge on any atom is -0.490 e. The summed E-state index contributed by atoms with van der Waals surface area (Å²) < 4.78 is 12.3. The van der Waals surface area contributed by atoms with E-state index in [9.17, 15) is 0 Å². The zero-order valence-corrected chi connectivity index (χ0v) is 10.9. The first-order valence-electron chi connectivity index (χ1n) is 5.50. The first kappa shape index (κ1) is 11.7. The van der Waals surface area contributed by atoms with Crippen molar-refractivity contribution in [1.29, 1.82) is 0 Å². The number of halogens is 1. The molecule has 0 radical (unpaired) electrons. The van der Waals surface area contributed by atoms with Crippen LogP contribution in [0.5, 0.6) is 11.5 Å². The second-order valence-electron chi connectivity index (χ2n) is 4.12. The number of nitrogens with two attached hydrogens (primary N) is 1. The van der Waals surface area contributed by atoms with Crippen LogP contribution >= 0.6 is 15.9 Å². The van der Waals surface area contributed by atoms with Crippen molar-refractivity contribution >= 4 is 15.9 Å². The van der Waals surface area contributed by atoms with Gasteiger partial charge in [-0.05, 0) is 31.0 Å². The van der Waals surface area contributed by atoms with Crippen LogP contribution in [-0.4, -0.2) is 19.3 Å². The average molecular weight is 286 g/mol. The molecule has 0 saturated carbocycles. The Balaban J connectivity index is 2.31. The molecule has 0 spiro atoms. The molecule has 1 aromatic carbocycles. The molecule has 0 aromatic heterocycles. The summed E-state index contributed by atoms with van der Waals surface area (Å²) in [5.74, 6) is 1.65. The van der Waals surface area contributed by atoms with E-state index in [4.69, 9.17) is 15.2 Å². The summed E-state index contributed by atoms with van der Waals surface area (Å²) in [6.07, 6.45) is 1.76. The average Bonchev–Trinajstić information content (AvgIpc) is 2.42. The maximum Gasteiger partial charge on any atom is 0.162 e. The largest absolute Gasteiger partial charge is 0.490 e. The second-order valence-corrected chi connectivity index (χ2v) is 4.98. The predicted octanol–water partition coefficient (Wildman–Crippen LogP) is 2.50. The maximum absolute atomic E-state index is 5.81. The van der Waals surface area contributed by atoms with Crippen molar-refractivity contribution in [1.82, 2.24) is 0 Å². The summed E-state index contributed by atoms with van der Waals surface area (Å²) in [5.41, 5.74) is 6.97. The third kappa shape index (κ3) is 2.68. The molecule has 0 bridgehead atoms. The van der Waals surface area contributed by atoms with Gasteiger partial charge in [0.05, 0.1) is 13.2 Å². The molecule has 3 nitrogen and oxygen atoms in total. The van der Waals surface area contributed by atoms with Gasteiger partial charge in [-0.1, -0.05) is 15.9 Å². The van der Waals surface area contributed by atoms with Gasteiger partial charge in [0.1, 0.15) is 0 Å². The highest BCUT2D eigenvalue weighted by molar-refractivity contribution is 9.10. The van der Waals surface area contributed by atoms with Crippen molar-refractivity contribution < 1.29 is 9.47 Å². The topological polar surface area (TPSA) is 44.5 Å². The van der Waals surface area contributed by atoms with Crippen molar-refractivity contribution in [3.05, 3.63) is 22.2 Å². The minimum absolute atomic E-state index is 0.140. The van der Waals surface area contributed by atoms with Crippen LogP contribution in [0.1, 0.15) is 18.9 Å². The Morgan fingerprint density at radius 1 is 1.31 bits per heavy atom. The molecule has 16 heavy (non-hydrogen) atoms. The highest BCUT2D eigenvalue weighted by atomic mass is 79.9. The summed E-state index contributed by atoms with van der Waals surface area (Å²) in [6.45, 7) is 3.42. The van der Waals surface area contributed by atoms with Crippen LogP contribution in [0.3, 0.4) is 0 Å². The summed E-state index contributed by atoms with van der Waals surface area (Å²) in [7, 11) is 0. The van der Waals surface area contributed by atoms with Crippen LogP contribution in [0, 0.1) is 0 Å². The molecule has 1 aliphatic heterocycles. The molecular weight excluding hydrogens is 270 g/mol. The Hall–Kier alpha value is -0.740. The summed E-state index contributed by atoms with van der Waals surface area (Å²) in [4.78, 5) is 0. The van der Waals surface area contributed by atoms with E-state index in [-0.39, 0.29) is 6.04 Å².